The van der Waals surface area contributed by atoms with Gasteiger partial charge in [0.2, 0.25) is 0 Å². The molecule has 0 unspecified atom stereocenters. The summed E-state index contributed by atoms with van der Waals surface area (Å²) in [6.45, 7) is 5.30. The number of nitrogens with zero attached hydrogens (tertiary/aromatic N) is 1. The standard InChI is InChI=1S/C22H23N3O/c1-2-7-21-20(6-1)18(14-24-21)13-19-12-16-4-3-5-17(22(16)26-19)15-25-10-8-23-9-11-25/h1-7,13-14,23-24H,8-12,15H2/b19-13-. The molecule has 0 atom stereocenters. The zero-order valence-corrected chi connectivity index (χ0v) is 14.8. The van der Waals surface area contributed by atoms with Crippen molar-refractivity contribution >= 4 is 17.0 Å². The van der Waals surface area contributed by atoms with Gasteiger partial charge >= 0.3 is 0 Å². The second-order valence-electron chi connectivity index (χ2n) is 7.11. The Bertz CT molecular complexity index is 966. The Balaban J connectivity index is 1.41. The van der Waals surface area contributed by atoms with Crippen LogP contribution in [0.4, 0.5) is 0 Å². The van der Waals surface area contributed by atoms with E-state index in [2.05, 4.69) is 69.9 Å². The SMILES string of the molecule is C(=C1\Cc2cccc(CN3CCNCC3)c2O1)/c1c[nH]c2ccccc12. The van der Waals surface area contributed by atoms with Crippen LogP contribution in [0, 0.1) is 0 Å². The quantitative estimate of drug-likeness (QED) is 0.763. The van der Waals surface area contributed by atoms with Gasteiger partial charge in [0.15, 0.2) is 0 Å². The van der Waals surface area contributed by atoms with Crippen LogP contribution >= 0.6 is 0 Å². The third-order valence-corrected chi connectivity index (χ3v) is 5.32. The van der Waals surface area contributed by atoms with Gasteiger partial charge in [-0.2, -0.15) is 0 Å². The Labute approximate surface area is 153 Å². The molecule has 4 nitrogen and oxygen atoms in total. The van der Waals surface area contributed by atoms with Crippen LogP contribution in [0.5, 0.6) is 5.75 Å². The van der Waals surface area contributed by atoms with Crippen molar-refractivity contribution in [2.75, 3.05) is 26.2 Å². The molecule has 1 aromatic heterocycles. The summed E-state index contributed by atoms with van der Waals surface area (Å²) in [7, 11) is 0. The van der Waals surface area contributed by atoms with Crippen molar-refractivity contribution in [1.29, 1.82) is 0 Å². The van der Waals surface area contributed by atoms with E-state index < -0.39 is 0 Å². The van der Waals surface area contributed by atoms with Crippen molar-refractivity contribution < 1.29 is 4.74 Å². The summed E-state index contributed by atoms with van der Waals surface area (Å²) in [5.74, 6) is 2.09. The lowest BCUT2D eigenvalue weighted by atomic mass is 10.1. The molecule has 0 saturated carbocycles. The predicted molar refractivity (Wildman–Crippen MR) is 105 cm³/mol. The molecule has 0 aliphatic carbocycles. The van der Waals surface area contributed by atoms with Gasteiger partial charge in [-0.05, 0) is 12.1 Å². The number of aromatic amines is 1. The maximum atomic E-state index is 6.31. The fourth-order valence-corrected chi connectivity index (χ4v) is 3.97. The number of hydrogen-bond acceptors (Lipinski definition) is 3. The largest absolute Gasteiger partial charge is 0.461 e. The van der Waals surface area contributed by atoms with Crippen molar-refractivity contribution in [1.82, 2.24) is 15.2 Å². The van der Waals surface area contributed by atoms with Gasteiger partial charge in [-0.1, -0.05) is 36.4 Å². The Hall–Kier alpha value is -2.56. The van der Waals surface area contributed by atoms with E-state index in [0.29, 0.717) is 0 Å². The Morgan fingerprint density at radius 3 is 2.85 bits per heavy atom. The van der Waals surface area contributed by atoms with E-state index in [1.165, 1.54) is 22.1 Å². The second-order valence-corrected chi connectivity index (χ2v) is 7.11. The van der Waals surface area contributed by atoms with Crippen molar-refractivity contribution in [3.8, 4) is 5.75 Å². The average Bonchev–Trinajstić information content (AvgIpc) is 3.28. The number of benzene rings is 2. The normalized spacial score (nSPS) is 19.0. The van der Waals surface area contributed by atoms with E-state index >= 15 is 0 Å². The summed E-state index contributed by atoms with van der Waals surface area (Å²) in [5.41, 5.74) is 4.94. The summed E-state index contributed by atoms with van der Waals surface area (Å²) in [5, 5.41) is 4.65. The fourth-order valence-electron chi connectivity index (χ4n) is 3.97. The van der Waals surface area contributed by atoms with E-state index in [-0.39, 0.29) is 0 Å². The number of hydrogen-bond donors (Lipinski definition) is 2. The highest BCUT2D eigenvalue weighted by Crippen LogP contribution is 2.36. The zero-order chi connectivity index (χ0) is 17.3. The molecular weight excluding hydrogens is 322 g/mol. The molecule has 1 fully saturated rings. The maximum Gasteiger partial charge on any atom is 0.135 e. The van der Waals surface area contributed by atoms with Gasteiger partial charge < -0.3 is 15.0 Å². The third-order valence-electron chi connectivity index (χ3n) is 5.32. The number of aromatic nitrogens is 1. The van der Waals surface area contributed by atoms with Crippen LogP contribution in [0.25, 0.3) is 17.0 Å². The van der Waals surface area contributed by atoms with Crippen LogP contribution in [0.2, 0.25) is 0 Å². The Morgan fingerprint density at radius 2 is 1.92 bits per heavy atom. The number of allylic oxidation sites excluding steroid dienone is 1. The number of H-pyrrole nitrogens is 1. The molecule has 0 amide bonds. The molecule has 0 bridgehead atoms. The Morgan fingerprint density at radius 1 is 1.04 bits per heavy atom. The van der Waals surface area contributed by atoms with E-state index in [0.717, 1.165) is 56.2 Å². The van der Waals surface area contributed by atoms with Crippen LogP contribution in [0.3, 0.4) is 0 Å². The lowest BCUT2D eigenvalue weighted by Gasteiger charge is -2.27. The maximum absolute atomic E-state index is 6.31. The van der Waals surface area contributed by atoms with E-state index in [1.54, 1.807) is 0 Å². The van der Waals surface area contributed by atoms with Crippen molar-refractivity contribution in [3.63, 3.8) is 0 Å². The number of rotatable bonds is 3. The monoisotopic (exact) mass is 345 g/mol. The smallest absolute Gasteiger partial charge is 0.135 e. The predicted octanol–water partition coefficient (Wildman–Crippen LogP) is 3.55. The molecule has 4 heteroatoms. The zero-order valence-electron chi connectivity index (χ0n) is 14.8. The molecule has 26 heavy (non-hydrogen) atoms. The number of para-hydroxylation sites is 2. The topological polar surface area (TPSA) is 40.3 Å². The minimum absolute atomic E-state index is 0.865. The minimum Gasteiger partial charge on any atom is -0.461 e. The molecule has 3 aromatic rings. The van der Waals surface area contributed by atoms with Gasteiger partial charge in [-0.3, -0.25) is 4.90 Å². The van der Waals surface area contributed by atoms with Crippen molar-refractivity contribution in [2.24, 2.45) is 0 Å². The number of ether oxygens (including phenoxy) is 1. The molecule has 3 heterocycles. The number of nitrogens with one attached hydrogen (secondary N) is 2. The lowest BCUT2D eigenvalue weighted by Crippen LogP contribution is -2.42. The minimum atomic E-state index is 0.865. The highest BCUT2D eigenvalue weighted by molar-refractivity contribution is 5.89. The number of fused-ring (bicyclic) bond motifs is 2. The van der Waals surface area contributed by atoms with Gasteiger partial charge in [-0.25, -0.2) is 0 Å². The van der Waals surface area contributed by atoms with Gasteiger partial charge in [0.05, 0.1) is 0 Å². The summed E-state index contributed by atoms with van der Waals surface area (Å²) in [4.78, 5) is 5.83. The summed E-state index contributed by atoms with van der Waals surface area (Å²) < 4.78 is 6.31. The Kier molecular flexibility index (Phi) is 4.00. The van der Waals surface area contributed by atoms with Gasteiger partial charge in [0.1, 0.15) is 11.5 Å². The molecule has 2 aliphatic heterocycles. The molecule has 0 radical (unpaired) electrons. The lowest BCUT2D eigenvalue weighted by molar-refractivity contribution is 0.231. The van der Waals surface area contributed by atoms with Crippen molar-refractivity contribution in [3.05, 3.63) is 71.1 Å². The van der Waals surface area contributed by atoms with Crippen molar-refractivity contribution in [2.45, 2.75) is 13.0 Å². The molecule has 5 rings (SSSR count). The van der Waals surface area contributed by atoms with Crippen LogP contribution in [-0.2, 0) is 13.0 Å². The van der Waals surface area contributed by atoms with Crippen LogP contribution < -0.4 is 10.1 Å². The summed E-state index contributed by atoms with van der Waals surface area (Å²) in [6, 6.07) is 14.9. The van der Waals surface area contributed by atoms with Gasteiger partial charge in [0.25, 0.3) is 0 Å². The average molecular weight is 345 g/mol. The molecule has 2 aromatic carbocycles. The first-order valence-corrected chi connectivity index (χ1v) is 9.35. The fraction of sp³-hybridized carbons (Fsp3) is 0.273. The van der Waals surface area contributed by atoms with E-state index in [1.807, 2.05) is 0 Å². The summed E-state index contributed by atoms with van der Waals surface area (Å²) >= 11 is 0. The molecule has 2 aliphatic rings. The van der Waals surface area contributed by atoms with Gasteiger partial charge in [0, 0.05) is 72.9 Å². The first kappa shape index (κ1) is 15.7. The first-order valence-electron chi connectivity index (χ1n) is 9.35. The molecular formula is C22H23N3O. The second kappa shape index (κ2) is 6.63. The first-order chi connectivity index (χ1) is 12.9. The molecule has 0 spiro atoms. The highest BCUT2D eigenvalue weighted by atomic mass is 16.5. The highest BCUT2D eigenvalue weighted by Gasteiger charge is 2.22. The third kappa shape index (κ3) is 2.91. The number of piperazine rings is 1. The summed E-state index contributed by atoms with van der Waals surface area (Å²) in [6.07, 6.45) is 5.10. The molecule has 2 N–H and O–H groups in total. The molecule has 132 valence electrons. The van der Waals surface area contributed by atoms with Gasteiger partial charge in [-0.15, -0.1) is 0 Å². The van der Waals surface area contributed by atoms with Crippen LogP contribution in [0.1, 0.15) is 16.7 Å². The van der Waals surface area contributed by atoms with E-state index in [9.17, 15) is 0 Å². The molecule has 1 saturated heterocycles. The van der Waals surface area contributed by atoms with Crippen LogP contribution in [0.15, 0.2) is 54.4 Å². The van der Waals surface area contributed by atoms with E-state index in [4.69, 9.17) is 4.74 Å². The van der Waals surface area contributed by atoms with Crippen LogP contribution in [-0.4, -0.2) is 36.1 Å².